The largest absolute Gasteiger partial charge is 0.454 e. The third-order valence-electron chi connectivity index (χ3n) is 3.08. The van der Waals surface area contributed by atoms with Crippen molar-refractivity contribution in [1.29, 1.82) is 0 Å². The summed E-state index contributed by atoms with van der Waals surface area (Å²) in [7, 11) is 1.53. The van der Waals surface area contributed by atoms with Crippen LogP contribution in [0.2, 0.25) is 0 Å². The Morgan fingerprint density at radius 1 is 1.53 bits per heavy atom. The molecule has 1 aliphatic heterocycles. The predicted molar refractivity (Wildman–Crippen MR) is 62.1 cm³/mol. The van der Waals surface area contributed by atoms with Gasteiger partial charge in [0.1, 0.15) is 5.76 Å². The molecule has 92 valence electrons. The zero-order valence-corrected chi connectivity index (χ0v) is 10.2. The third kappa shape index (κ3) is 1.92. The number of hydrogen-bond donors (Lipinski definition) is 2. The number of amides is 2. The Balaban J connectivity index is 2.53. The molecular formula is C12H16N2O3. The molecule has 0 aliphatic carbocycles. The fourth-order valence-electron chi connectivity index (χ4n) is 1.99. The molecule has 5 nitrogen and oxygen atoms in total. The second kappa shape index (κ2) is 3.91. The molecule has 5 heteroatoms. The Labute approximate surface area is 99.6 Å². The Kier molecular flexibility index (Phi) is 2.69. The molecule has 0 saturated heterocycles. The summed E-state index contributed by atoms with van der Waals surface area (Å²) in [5, 5.41) is 5.28. The standard InChI is InChI=1S/C12H16N2O3/c1-12(2)4-5-14-10(15)7-6-8(11(16)13-3)17-9(7)12/h6H,4-5H2,1-3H3,(H,13,16)(H,14,15). The molecule has 0 radical (unpaired) electrons. The van der Waals surface area contributed by atoms with Gasteiger partial charge in [0.15, 0.2) is 5.76 Å². The molecule has 0 aromatic carbocycles. The first-order valence-corrected chi connectivity index (χ1v) is 5.60. The van der Waals surface area contributed by atoms with Crippen LogP contribution in [0.3, 0.4) is 0 Å². The highest BCUT2D eigenvalue weighted by Gasteiger charge is 2.34. The second-order valence-electron chi connectivity index (χ2n) is 4.82. The van der Waals surface area contributed by atoms with E-state index in [4.69, 9.17) is 4.42 Å². The minimum Gasteiger partial charge on any atom is -0.454 e. The molecule has 0 atom stereocenters. The van der Waals surface area contributed by atoms with Crippen LogP contribution < -0.4 is 10.6 Å². The summed E-state index contributed by atoms with van der Waals surface area (Å²) in [5.41, 5.74) is 0.215. The SMILES string of the molecule is CNC(=O)c1cc2c(o1)C(C)(C)CCNC2=O. The highest BCUT2D eigenvalue weighted by atomic mass is 16.4. The molecule has 0 bridgehead atoms. The minimum atomic E-state index is -0.318. The van der Waals surface area contributed by atoms with E-state index in [1.54, 1.807) is 0 Å². The van der Waals surface area contributed by atoms with Crippen LogP contribution in [0.4, 0.5) is 0 Å². The van der Waals surface area contributed by atoms with E-state index in [-0.39, 0.29) is 23.0 Å². The van der Waals surface area contributed by atoms with E-state index in [1.165, 1.54) is 13.1 Å². The topological polar surface area (TPSA) is 71.3 Å². The molecule has 0 saturated carbocycles. The molecule has 0 spiro atoms. The average molecular weight is 236 g/mol. The van der Waals surface area contributed by atoms with E-state index in [0.717, 1.165) is 6.42 Å². The van der Waals surface area contributed by atoms with Gasteiger partial charge in [-0.25, -0.2) is 0 Å². The lowest BCUT2D eigenvalue weighted by molar-refractivity contribution is 0.0929. The molecule has 2 amide bonds. The van der Waals surface area contributed by atoms with Gasteiger partial charge in [-0.1, -0.05) is 13.8 Å². The van der Waals surface area contributed by atoms with E-state index in [2.05, 4.69) is 10.6 Å². The number of hydrogen-bond acceptors (Lipinski definition) is 3. The van der Waals surface area contributed by atoms with Crippen molar-refractivity contribution in [3.05, 3.63) is 23.2 Å². The Morgan fingerprint density at radius 3 is 2.88 bits per heavy atom. The molecular weight excluding hydrogens is 220 g/mol. The number of furan rings is 1. The summed E-state index contributed by atoms with van der Waals surface area (Å²) in [6.45, 7) is 4.62. The van der Waals surface area contributed by atoms with Gasteiger partial charge in [-0.15, -0.1) is 0 Å². The van der Waals surface area contributed by atoms with Crippen LogP contribution in [0.1, 0.15) is 46.9 Å². The molecule has 2 N–H and O–H groups in total. The third-order valence-corrected chi connectivity index (χ3v) is 3.08. The Hall–Kier alpha value is -1.78. The van der Waals surface area contributed by atoms with E-state index >= 15 is 0 Å². The van der Waals surface area contributed by atoms with E-state index in [9.17, 15) is 9.59 Å². The van der Waals surface area contributed by atoms with Crippen LogP contribution in [0.15, 0.2) is 10.5 Å². The van der Waals surface area contributed by atoms with Gasteiger partial charge >= 0.3 is 0 Å². The summed E-state index contributed by atoms with van der Waals surface area (Å²) in [4.78, 5) is 23.3. The first-order chi connectivity index (χ1) is 7.95. The van der Waals surface area contributed by atoms with Gasteiger partial charge in [-0.05, 0) is 6.42 Å². The van der Waals surface area contributed by atoms with Crippen LogP contribution in [0, 0.1) is 0 Å². The molecule has 1 aromatic heterocycles. The molecule has 2 heterocycles. The summed E-state index contributed by atoms with van der Waals surface area (Å²) in [5.74, 6) is 0.278. The second-order valence-corrected chi connectivity index (χ2v) is 4.82. The number of fused-ring (bicyclic) bond motifs is 1. The van der Waals surface area contributed by atoms with Crippen LogP contribution >= 0.6 is 0 Å². The molecule has 0 unspecified atom stereocenters. The normalized spacial score (nSPS) is 17.9. The molecule has 17 heavy (non-hydrogen) atoms. The minimum absolute atomic E-state index is 0.176. The summed E-state index contributed by atoms with van der Waals surface area (Å²) < 4.78 is 5.55. The van der Waals surface area contributed by atoms with Gasteiger partial charge < -0.3 is 15.1 Å². The lowest BCUT2D eigenvalue weighted by Crippen LogP contribution is -2.24. The van der Waals surface area contributed by atoms with Crippen LogP contribution in [-0.4, -0.2) is 25.4 Å². The van der Waals surface area contributed by atoms with Crippen molar-refractivity contribution in [1.82, 2.24) is 10.6 Å². The van der Waals surface area contributed by atoms with Gasteiger partial charge in [-0.3, -0.25) is 9.59 Å². The van der Waals surface area contributed by atoms with Crippen molar-refractivity contribution in [2.75, 3.05) is 13.6 Å². The molecule has 1 aromatic rings. The lowest BCUT2D eigenvalue weighted by atomic mass is 9.85. The van der Waals surface area contributed by atoms with Crippen molar-refractivity contribution in [2.45, 2.75) is 25.7 Å². The molecule has 1 aliphatic rings. The first-order valence-electron chi connectivity index (χ1n) is 5.60. The van der Waals surface area contributed by atoms with Crippen molar-refractivity contribution >= 4 is 11.8 Å². The Bertz CT molecular complexity index is 474. The highest BCUT2D eigenvalue weighted by Crippen LogP contribution is 2.33. The number of rotatable bonds is 1. The molecule has 2 rings (SSSR count). The maximum Gasteiger partial charge on any atom is 0.286 e. The van der Waals surface area contributed by atoms with Crippen molar-refractivity contribution in [3.8, 4) is 0 Å². The average Bonchev–Trinajstić information content (AvgIpc) is 2.69. The van der Waals surface area contributed by atoms with Crippen LogP contribution in [0.5, 0.6) is 0 Å². The maximum atomic E-state index is 11.8. The van der Waals surface area contributed by atoms with E-state index in [0.29, 0.717) is 17.9 Å². The smallest absolute Gasteiger partial charge is 0.286 e. The predicted octanol–water partition coefficient (Wildman–Crippen LogP) is 1.05. The van der Waals surface area contributed by atoms with Gasteiger partial charge in [0.25, 0.3) is 11.8 Å². The van der Waals surface area contributed by atoms with Crippen LogP contribution in [-0.2, 0) is 5.41 Å². The van der Waals surface area contributed by atoms with Crippen molar-refractivity contribution in [3.63, 3.8) is 0 Å². The fourth-order valence-corrected chi connectivity index (χ4v) is 1.99. The fraction of sp³-hybridized carbons (Fsp3) is 0.500. The van der Waals surface area contributed by atoms with Crippen molar-refractivity contribution in [2.24, 2.45) is 0 Å². The quantitative estimate of drug-likeness (QED) is 0.765. The van der Waals surface area contributed by atoms with E-state index < -0.39 is 0 Å². The number of carbonyl (C=O) groups excluding carboxylic acids is 2. The first kappa shape index (κ1) is 11.7. The van der Waals surface area contributed by atoms with Gasteiger partial charge in [-0.2, -0.15) is 0 Å². The number of nitrogens with one attached hydrogen (secondary N) is 2. The van der Waals surface area contributed by atoms with Gasteiger partial charge in [0.2, 0.25) is 0 Å². The van der Waals surface area contributed by atoms with Gasteiger partial charge in [0.05, 0.1) is 5.56 Å². The lowest BCUT2D eigenvalue weighted by Gasteiger charge is -2.20. The zero-order valence-electron chi connectivity index (χ0n) is 10.2. The van der Waals surface area contributed by atoms with Crippen LogP contribution in [0.25, 0.3) is 0 Å². The summed E-state index contributed by atoms with van der Waals surface area (Å²) in [6.07, 6.45) is 0.784. The summed E-state index contributed by atoms with van der Waals surface area (Å²) in [6, 6.07) is 1.51. The zero-order chi connectivity index (χ0) is 12.6. The van der Waals surface area contributed by atoms with Gasteiger partial charge in [0, 0.05) is 25.1 Å². The Morgan fingerprint density at radius 2 is 2.24 bits per heavy atom. The monoisotopic (exact) mass is 236 g/mol. The van der Waals surface area contributed by atoms with Crippen molar-refractivity contribution < 1.29 is 14.0 Å². The molecule has 0 fully saturated rings. The van der Waals surface area contributed by atoms with E-state index in [1.807, 2.05) is 13.8 Å². The maximum absolute atomic E-state index is 11.8. The highest BCUT2D eigenvalue weighted by molar-refractivity contribution is 5.99. The number of carbonyl (C=O) groups is 2. The summed E-state index contributed by atoms with van der Waals surface area (Å²) >= 11 is 0.